The Labute approximate surface area is 97.8 Å². The van der Waals surface area contributed by atoms with Crippen molar-refractivity contribution >= 4 is 5.69 Å². The van der Waals surface area contributed by atoms with Crippen molar-refractivity contribution in [2.24, 2.45) is 0 Å². The molecule has 1 fully saturated rings. The van der Waals surface area contributed by atoms with E-state index in [1.165, 1.54) is 24.8 Å². The Balaban J connectivity index is 2.18. The average Bonchev–Trinajstić information content (AvgIpc) is 2.18. The van der Waals surface area contributed by atoms with Crippen LogP contribution in [0.25, 0.3) is 0 Å². The van der Waals surface area contributed by atoms with Gasteiger partial charge in [0.25, 0.3) is 0 Å². The lowest BCUT2D eigenvalue weighted by molar-refractivity contribution is 0.0102. The van der Waals surface area contributed by atoms with E-state index in [1.54, 1.807) is 0 Å². The van der Waals surface area contributed by atoms with Crippen LogP contribution in [0.3, 0.4) is 0 Å². The van der Waals surface area contributed by atoms with E-state index in [0.717, 1.165) is 12.3 Å². The van der Waals surface area contributed by atoms with E-state index in [-0.39, 0.29) is 5.41 Å². The van der Waals surface area contributed by atoms with Gasteiger partial charge < -0.3 is 10.5 Å². The van der Waals surface area contributed by atoms with Gasteiger partial charge >= 0.3 is 0 Å². The zero-order valence-corrected chi connectivity index (χ0v) is 10.2. The highest BCUT2D eigenvalue weighted by Crippen LogP contribution is 2.46. The normalized spacial score (nSPS) is 18.4. The van der Waals surface area contributed by atoms with Gasteiger partial charge in [0, 0.05) is 11.1 Å². The number of ether oxygens (including phenoxy) is 1. The van der Waals surface area contributed by atoms with E-state index >= 15 is 0 Å². The summed E-state index contributed by atoms with van der Waals surface area (Å²) in [7, 11) is 0. The third-order valence-electron chi connectivity index (χ3n) is 3.54. The van der Waals surface area contributed by atoms with Gasteiger partial charge in [0.05, 0.1) is 12.7 Å². The molecule has 1 aromatic rings. The first kappa shape index (κ1) is 11.5. The number of hydrogen-bond acceptors (Lipinski definition) is 2. The second-order valence-corrected chi connectivity index (χ2v) is 5.08. The van der Waals surface area contributed by atoms with Gasteiger partial charge in [-0.3, -0.25) is 0 Å². The second kappa shape index (κ2) is 4.46. The maximum Gasteiger partial charge on any atom is 0.0567 e. The summed E-state index contributed by atoms with van der Waals surface area (Å²) >= 11 is 0. The first-order chi connectivity index (χ1) is 7.64. The van der Waals surface area contributed by atoms with Gasteiger partial charge in [-0.2, -0.15) is 0 Å². The molecule has 0 unspecified atom stereocenters. The monoisotopic (exact) mass is 219 g/mol. The number of para-hydroxylation sites is 1. The summed E-state index contributed by atoms with van der Waals surface area (Å²) in [6.07, 6.45) is 3.99. The van der Waals surface area contributed by atoms with Gasteiger partial charge in [-0.05, 0) is 38.3 Å². The molecule has 2 N–H and O–H groups in total. The second-order valence-electron chi connectivity index (χ2n) is 5.08. The molecular weight excluding hydrogens is 198 g/mol. The summed E-state index contributed by atoms with van der Waals surface area (Å²) < 4.78 is 5.80. The molecule has 2 nitrogen and oxygen atoms in total. The topological polar surface area (TPSA) is 35.2 Å². The minimum absolute atomic E-state index is 0.190. The maximum atomic E-state index is 6.07. The van der Waals surface area contributed by atoms with Crippen LogP contribution in [-0.4, -0.2) is 12.7 Å². The molecule has 2 rings (SSSR count). The summed E-state index contributed by atoms with van der Waals surface area (Å²) in [6.45, 7) is 4.97. The Morgan fingerprint density at radius 1 is 1.31 bits per heavy atom. The first-order valence-corrected chi connectivity index (χ1v) is 6.11. The maximum absolute atomic E-state index is 6.07. The molecule has 0 amide bonds. The Bertz CT molecular complexity index is 356. The standard InChI is InChI=1S/C14H21NO/c1-11(2)16-10-14(8-5-9-14)12-6-3-4-7-13(12)15/h3-4,6-7,11H,5,8-10,15H2,1-2H3. The van der Waals surface area contributed by atoms with Crippen molar-refractivity contribution in [2.75, 3.05) is 12.3 Å². The summed E-state index contributed by atoms with van der Waals surface area (Å²) in [6, 6.07) is 8.21. The number of benzene rings is 1. The smallest absolute Gasteiger partial charge is 0.0567 e. The number of hydrogen-bond donors (Lipinski definition) is 1. The molecule has 1 aliphatic rings. The third kappa shape index (κ3) is 2.07. The van der Waals surface area contributed by atoms with Crippen LogP contribution in [0.15, 0.2) is 24.3 Å². The van der Waals surface area contributed by atoms with Crippen LogP contribution >= 0.6 is 0 Å². The Morgan fingerprint density at radius 2 is 2.00 bits per heavy atom. The van der Waals surface area contributed by atoms with Gasteiger partial charge in [0.15, 0.2) is 0 Å². The molecule has 88 valence electrons. The van der Waals surface area contributed by atoms with Crippen LogP contribution in [0.4, 0.5) is 5.69 Å². The van der Waals surface area contributed by atoms with Crippen molar-refractivity contribution in [3.63, 3.8) is 0 Å². The zero-order valence-electron chi connectivity index (χ0n) is 10.2. The molecule has 2 heteroatoms. The lowest BCUT2D eigenvalue weighted by Crippen LogP contribution is -2.40. The van der Waals surface area contributed by atoms with Crippen LogP contribution in [0.5, 0.6) is 0 Å². The molecule has 0 atom stereocenters. The van der Waals surface area contributed by atoms with E-state index in [1.807, 2.05) is 12.1 Å². The van der Waals surface area contributed by atoms with Crippen molar-refractivity contribution in [3.8, 4) is 0 Å². The molecule has 0 aromatic heterocycles. The van der Waals surface area contributed by atoms with Crippen molar-refractivity contribution in [1.82, 2.24) is 0 Å². The quantitative estimate of drug-likeness (QED) is 0.790. The van der Waals surface area contributed by atoms with Gasteiger partial charge in [-0.25, -0.2) is 0 Å². The summed E-state index contributed by atoms with van der Waals surface area (Å²) in [5.41, 5.74) is 8.45. The molecule has 16 heavy (non-hydrogen) atoms. The predicted molar refractivity (Wildman–Crippen MR) is 67.5 cm³/mol. The van der Waals surface area contributed by atoms with Crippen molar-refractivity contribution < 1.29 is 4.74 Å². The fourth-order valence-electron chi connectivity index (χ4n) is 2.40. The summed E-state index contributed by atoms with van der Waals surface area (Å²) in [4.78, 5) is 0. The molecule has 1 aromatic carbocycles. The molecule has 1 saturated carbocycles. The molecule has 0 saturated heterocycles. The van der Waals surface area contributed by atoms with E-state index in [4.69, 9.17) is 10.5 Å². The molecule has 0 bridgehead atoms. The summed E-state index contributed by atoms with van der Waals surface area (Å²) in [5.74, 6) is 0. The fourth-order valence-corrected chi connectivity index (χ4v) is 2.40. The van der Waals surface area contributed by atoms with Gasteiger partial charge in [0.1, 0.15) is 0 Å². The largest absolute Gasteiger partial charge is 0.398 e. The van der Waals surface area contributed by atoms with Crippen molar-refractivity contribution in [1.29, 1.82) is 0 Å². The highest BCUT2D eigenvalue weighted by molar-refractivity contribution is 5.51. The third-order valence-corrected chi connectivity index (χ3v) is 3.54. The van der Waals surface area contributed by atoms with E-state index in [0.29, 0.717) is 6.10 Å². The van der Waals surface area contributed by atoms with Gasteiger partial charge in [-0.1, -0.05) is 24.6 Å². The fraction of sp³-hybridized carbons (Fsp3) is 0.571. The average molecular weight is 219 g/mol. The van der Waals surface area contributed by atoms with E-state index in [9.17, 15) is 0 Å². The van der Waals surface area contributed by atoms with E-state index in [2.05, 4.69) is 26.0 Å². The van der Waals surface area contributed by atoms with Crippen LogP contribution in [0.1, 0.15) is 38.7 Å². The SMILES string of the molecule is CC(C)OCC1(c2ccccc2N)CCC1. The number of rotatable bonds is 4. The minimum Gasteiger partial charge on any atom is -0.398 e. The highest BCUT2D eigenvalue weighted by Gasteiger charge is 2.40. The van der Waals surface area contributed by atoms with Crippen molar-refractivity contribution in [3.05, 3.63) is 29.8 Å². The number of anilines is 1. The lowest BCUT2D eigenvalue weighted by atomic mass is 9.64. The molecule has 0 heterocycles. The molecule has 0 aliphatic heterocycles. The number of nitrogen functional groups attached to an aromatic ring is 1. The van der Waals surface area contributed by atoms with Crippen molar-refractivity contribution in [2.45, 2.75) is 44.6 Å². The first-order valence-electron chi connectivity index (χ1n) is 6.11. The van der Waals surface area contributed by atoms with Crippen LogP contribution in [0, 0.1) is 0 Å². The minimum atomic E-state index is 0.190. The molecular formula is C14H21NO. The van der Waals surface area contributed by atoms with Crippen LogP contribution in [-0.2, 0) is 10.2 Å². The van der Waals surface area contributed by atoms with Gasteiger partial charge in [-0.15, -0.1) is 0 Å². The number of nitrogens with two attached hydrogens (primary N) is 1. The Kier molecular flexibility index (Phi) is 3.20. The Morgan fingerprint density at radius 3 is 2.50 bits per heavy atom. The highest BCUT2D eigenvalue weighted by atomic mass is 16.5. The Hall–Kier alpha value is -1.02. The molecule has 0 spiro atoms. The van der Waals surface area contributed by atoms with Gasteiger partial charge in [0.2, 0.25) is 0 Å². The lowest BCUT2D eigenvalue weighted by Gasteiger charge is -2.43. The molecule has 0 radical (unpaired) electrons. The van der Waals surface area contributed by atoms with Crippen LogP contribution < -0.4 is 5.73 Å². The van der Waals surface area contributed by atoms with Crippen LogP contribution in [0.2, 0.25) is 0 Å². The predicted octanol–water partition coefficient (Wildman–Crippen LogP) is 3.12. The summed E-state index contributed by atoms with van der Waals surface area (Å²) in [5, 5.41) is 0. The zero-order chi connectivity index (χ0) is 11.6. The molecule has 1 aliphatic carbocycles. The van der Waals surface area contributed by atoms with E-state index < -0.39 is 0 Å².